The second kappa shape index (κ2) is 6.90. The lowest BCUT2D eigenvalue weighted by Crippen LogP contribution is -2.38. The molecule has 1 saturated heterocycles. The Kier molecular flexibility index (Phi) is 4.68. The third-order valence-electron chi connectivity index (χ3n) is 6.47. The number of nitrogens with one attached hydrogen (secondary N) is 1. The predicted molar refractivity (Wildman–Crippen MR) is 94.2 cm³/mol. The normalized spacial score (nSPS) is 35.5. The van der Waals surface area contributed by atoms with Crippen molar-refractivity contribution in [1.82, 2.24) is 15.2 Å². The number of hydrogen-bond acceptors (Lipinski definition) is 3. The minimum atomic E-state index is 0.541. The Morgan fingerprint density at radius 1 is 1.17 bits per heavy atom. The van der Waals surface area contributed by atoms with Gasteiger partial charge in [0.25, 0.3) is 0 Å². The zero-order chi connectivity index (χ0) is 15.6. The lowest BCUT2D eigenvalue weighted by molar-refractivity contribution is 0.233. The summed E-state index contributed by atoms with van der Waals surface area (Å²) in [6.45, 7) is 2.38. The molecular weight excluding hydrogens is 282 g/mol. The van der Waals surface area contributed by atoms with E-state index in [1.54, 1.807) is 0 Å². The molecule has 0 spiro atoms. The van der Waals surface area contributed by atoms with E-state index in [0.29, 0.717) is 6.04 Å². The summed E-state index contributed by atoms with van der Waals surface area (Å²) in [5.41, 5.74) is 1.39. The summed E-state index contributed by atoms with van der Waals surface area (Å²) in [4.78, 5) is 6.85. The molecule has 0 unspecified atom stereocenters. The van der Waals surface area contributed by atoms with Gasteiger partial charge in [-0.1, -0.05) is 18.9 Å². The molecule has 1 aromatic heterocycles. The average Bonchev–Trinajstić information content (AvgIpc) is 3.38. The zero-order valence-electron chi connectivity index (χ0n) is 14.5. The lowest BCUT2D eigenvalue weighted by Gasteiger charge is -2.32. The van der Waals surface area contributed by atoms with Gasteiger partial charge in [-0.2, -0.15) is 0 Å². The molecule has 2 saturated carbocycles. The number of hydrogen-bond donors (Lipinski definition) is 1. The van der Waals surface area contributed by atoms with Gasteiger partial charge in [0.1, 0.15) is 0 Å². The lowest BCUT2D eigenvalue weighted by atomic mass is 9.82. The Bertz CT molecular complexity index is 499. The molecule has 0 bridgehead atoms. The van der Waals surface area contributed by atoms with Crippen molar-refractivity contribution in [3.8, 4) is 0 Å². The van der Waals surface area contributed by atoms with Crippen LogP contribution in [-0.4, -0.2) is 36.1 Å². The smallest absolute Gasteiger partial charge is 0.0401 e. The highest BCUT2D eigenvalue weighted by molar-refractivity contribution is 5.17. The largest absolute Gasteiger partial charge is 0.314 e. The fourth-order valence-electron chi connectivity index (χ4n) is 5.04. The maximum atomic E-state index is 4.34. The number of nitrogens with zero attached hydrogens (tertiary/aromatic N) is 2. The molecule has 0 radical (unpaired) electrons. The molecule has 3 nitrogen and oxygen atoms in total. The van der Waals surface area contributed by atoms with E-state index in [0.717, 1.165) is 23.8 Å². The van der Waals surface area contributed by atoms with E-state index in [4.69, 9.17) is 0 Å². The highest BCUT2D eigenvalue weighted by Crippen LogP contribution is 2.44. The number of likely N-dealkylation sites (tertiary alicyclic amines) is 1. The SMILES string of the molecule is CN1CC[C@@H](CN[C@H]2CCC[C@H](C3CC3)C2)[C@@H]1c1cccnc1. The summed E-state index contributed by atoms with van der Waals surface area (Å²) in [5, 5.41) is 3.95. The summed E-state index contributed by atoms with van der Waals surface area (Å²) in [7, 11) is 2.27. The summed E-state index contributed by atoms with van der Waals surface area (Å²) in [6, 6.07) is 5.64. The molecule has 2 heterocycles. The van der Waals surface area contributed by atoms with E-state index >= 15 is 0 Å². The highest BCUT2D eigenvalue weighted by atomic mass is 15.2. The van der Waals surface area contributed by atoms with Crippen molar-refractivity contribution in [3.63, 3.8) is 0 Å². The van der Waals surface area contributed by atoms with E-state index in [-0.39, 0.29) is 0 Å². The van der Waals surface area contributed by atoms with E-state index in [2.05, 4.69) is 40.6 Å². The van der Waals surface area contributed by atoms with E-state index in [1.165, 1.54) is 63.6 Å². The molecule has 1 aromatic rings. The van der Waals surface area contributed by atoms with Gasteiger partial charge in [0, 0.05) is 31.0 Å². The molecule has 126 valence electrons. The molecule has 0 aromatic carbocycles. The van der Waals surface area contributed by atoms with Crippen LogP contribution in [0.5, 0.6) is 0 Å². The molecule has 4 atom stereocenters. The van der Waals surface area contributed by atoms with E-state index in [9.17, 15) is 0 Å². The molecule has 1 aliphatic heterocycles. The molecule has 3 fully saturated rings. The van der Waals surface area contributed by atoms with Crippen LogP contribution in [0.2, 0.25) is 0 Å². The van der Waals surface area contributed by atoms with Gasteiger partial charge in [0.2, 0.25) is 0 Å². The zero-order valence-corrected chi connectivity index (χ0v) is 14.5. The number of pyridine rings is 1. The van der Waals surface area contributed by atoms with Gasteiger partial charge < -0.3 is 5.32 Å². The molecule has 2 aliphatic carbocycles. The third kappa shape index (κ3) is 3.61. The summed E-state index contributed by atoms with van der Waals surface area (Å²) in [5.74, 6) is 2.84. The van der Waals surface area contributed by atoms with Gasteiger partial charge in [-0.05, 0) is 75.1 Å². The Balaban J connectivity index is 1.34. The fraction of sp³-hybridized carbons (Fsp3) is 0.750. The minimum absolute atomic E-state index is 0.541. The summed E-state index contributed by atoms with van der Waals surface area (Å²) in [6.07, 6.45) is 14.0. The highest BCUT2D eigenvalue weighted by Gasteiger charge is 2.36. The van der Waals surface area contributed by atoms with Crippen molar-refractivity contribution in [3.05, 3.63) is 30.1 Å². The van der Waals surface area contributed by atoms with Crippen molar-refractivity contribution < 1.29 is 0 Å². The van der Waals surface area contributed by atoms with Gasteiger partial charge in [-0.25, -0.2) is 0 Å². The van der Waals surface area contributed by atoms with Crippen LogP contribution in [-0.2, 0) is 0 Å². The second-order valence-corrected chi connectivity index (χ2v) is 8.13. The van der Waals surface area contributed by atoms with Gasteiger partial charge in [-0.15, -0.1) is 0 Å². The Hall–Kier alpha value is -0.930. The summed E-state index contributed by atoms with van der Waals surface area (Å²) >= 11 is 0. The maximum Gasteiger partial charge on any atom is 0.0401 e. The first-order valence-electron chi connectivity index (χ1n) is 9.65. The van der Waals surface area contributed by atoms with Crippen LogP contribution in [0.4, 0.5) is 0 Å². The Morgan fingerprint density at radius 2 is 2.09 bits per heavy atom. The van der Waals surface area contributed by atoms with Crippen molar-refractivity contribution >= 4 is 0 Å². The maximum absolute atomic E-state index is 4.34. The van der Waals surface area contributed by atoms with Crippen LogP contribution in [0.15, 0.2) is 24.5 Å². The Morgan fingerprint density at radius 3 is 2.87 bits per heavy atom. The van der Waals surface area contributed by atoms with Crippen molar-refractivity contribution in [2.75, 3.05) is 20.1 Å². The molecular formula is C20H31N3. The molecule has 3 aliphatic rings. The Labute approximate surface area is 140 Å². The van der Waals surface area contributed by atoms with Gasteiger partial charge >= 0.3 is 0 Å². The van der Waals surface area contributed by atoms with Crippen molar-refractivity contribution in [1.29, 1.82) is 0 Å². The van der Waals surface area contributed by atoms with Gasteiger partial charge in [0.15, 0.2) is 0 Å². The standard InChI is InChI=1S/C20H31N3/c1-23-11-9-18(20(23)17-5-3-10-21-13-17)14-22-19-6-2-4-16(12-19)15-7-8-15/h3,5,10,13,15-16,18-20,22H,2,4,6-9,11-12,14H2,1H3/t16-,18-,19-,20-/m0/s1. The van der Waals surface area contributed by atoms with Gasteiger partial charge in [0.05, 0.1) is 0 Å². The first kappa shape index (κ1) is 15.6. The topological polar surface area (TPSA) is 28.2 Å². The van der Waals surface area contributed by atoms with Crippen molar-refractivity contribution in [2.45, 2.75) is 57.0 Å². The molecule has 4 rings (SSSR count). The van der Waals surface area contributed by atoms with Crippen LogP contribution in [0.3, 0.4) is 0 Å². The van der Waals surface area contributed by atoms with Crippen LogP contribution >= 0.6 is 0 Å². The molecule has 0 amide bonds. The predicted octanol–water partition coefficient (Wildman–Crippen LogP) is 3.63. The quantitative estimate of drug-likeness (QED) is 0.899. The molecule has 1 N–H and O–H groups in total. The van der Waals surface area contributed by atoms with Crippen LogP contribution < -0.4 is 5.32 Å². The summed E-state index contributed by atoms with van der Waals surface area (Å²) < 4.78 is 0. The number of rotatable bonds is 5. The average molecular weight is 313 g/mol. The fourth-order valence-corrected chi connectivity index (χ4v) is 5.04. The minimum Gasteiger partial charge on any atom is -0.314 e. The van der Waals surface area contributed by atoms with E-state index in [1.807, 2.05) is 6.20 Å². The first-order valence-corrected chi connectivity index (χ1v) is 9.65. The van der Waals surface area contributed by atoms with Crippen LogP contribution in [0.25, 0.3) is 0 Å². The monoisotopic (exact) mass is 313 g/mol. The van der Waals surface area contributed by atoms with Crippen LogP contribution in [0, 0.1) is 17.8 Å². The first-order chi connectivity index (χ1) is 11.3. The second-order valence-electron chi connectivity index (χ2n) is 8.13. The molecule has 3 heteroatoms. The van der Waals surface area contributed by atoms with Crippen molar-refractivity contribution in [2.24, 2.45) is 17.8 Å². The van der Waals surface area contributed by atoms with Gasteiger partial charge in [-0.3, -0.25) is 9.88 Å². The van der Waals surface area contributed by atoms with E-state index < -0.39 is 0 Å². The molecule has 23 heavy (non-hydrogen) atoms. The third-order valence-corrected chi connectivity index (χ3v) is 6.47. The number of aromatic nitrogens is 1. The van der Waals surface area contributed by atoms with Crippen LogP contribution in [0.1, 0.15) is 56.6 Å².